The van der Waals surface area contributed by atoms with Crippen molar-refractivity contribution in [3.63, 3.8) is 0 Å². The average molecular weight is 220 g/mol. The molecule has 1 aromatic rings. The van der Waals surface area contributed by atoms with Gasteiger partial charge in [0.1, 0.15) is 6.61 Å². The molecule has 0 saturated carbocycles. The van der Waals surface area contributed by atoms with Gasteiger partial charge in [0, 0.05) is 11.5 Å². The molecule has 0 aromatic heterocycles. The third kappa shape index (κ3) is 3.89. The van der Waals surface area contributed by atoms with E-state index >= 15 is 0 Å². The van der Waals surface area contributed by atoms with Crippen LogP contribution in [0.4, 0.5) is 4.79 Å². The lowest BCUT2D eigenvalue weighted by molar-refractivity contribution is 0.150. The Morgan fingerprint density at radius 3 is 2.75 bits per heavy atom. The highest BCUT2D eigenvalue weighted by molar-refractivity contribution is 5.64. The molecule has 0 spiro atoms. The predicted molar refractivity (Wildman–Crippen MR) is 58.5 cm³/mol. The molecule has 6 heteroatoms. The van der Waals surface area contributed by atoms with Gasteiger partial charge in [-0.05, 0) is 23.1 Å². The Kier molecular flexibility index (Phi) is 4.69. The van der Waals surface area contributed by atoms with E-state index in [4.69, 9.17) is 16.0 Å². The zero-order valence-corrected chi connectivity index (χ0v) is 8.67. The van der Waals surface area contributed by atoms with Crippen LogP contribution < -0.4 is 5.73 Å². The fourth-order valence-corrected chi connectivity index (χ4v) is 1.31. The molecule has 16 heavy (non-hydrogen) atoms. The van der Waals surface area contributed by atoms with E-state index in [1.54, 1.807) is 0 Å². The van der Waals surface area contributed by atoms with Crippen LogP contribution >= 0.6 is 0 Å². The molecule has 6 nitrogen and oxygen atoms in total. The number of primary amides is 1. The summed E-state index contributed by atoms with van der Waals surface area (Å²) in [6.45, 7) is 0.520. The summed E-state index contributed by atoms with van der Waals surface area (Å²) in [6.07, 6.45) is -0.188. The van der Waals surface area contributed by atoms with Crippen LogP contribution in [-0.2, 0) is 17.8 Å². The SMILES string of the molecule is [N-]=[N+]=NCCc1ccccc1COC(N)=O. The zero-order chi connectivity index (χ0) is 11.8. The quantitative estimate of drug-likeness (QED) is 0.466. The van der Waals surface area contributed by atoms with Crippen molar-refractivity contribution in [3.8, 4) is 0 Å². The van der Waals surface area contributed by atoms with E-state index in [0.29, 0.717) is 13.0 Å². The fourth-order valence-electron chi connectivity index (χ4n) is 1.31. The van der Waals surface area contributed by atoms with E-state index in [9.17, 15) is 4.79 Å². The Bertz CT molecular complexity index is 388. The highest BCUT2D eigenvalue weighted by Crippen LogP contribution is 2.11. The number of rotatable bonds is 5. The van der Waals surface area contributed by atoms with Crippen LogP contribution in [0.3, 0.4) is 0 Å². The normalized spacial score (nSPS) is 9.25. The summed E-state index contributed by atoms with van der Waals surface area (Å²) in [6, 6.07) is 7.46. The van der Waals surface area contributed by atoms with Gasteiger partial charge >= 0.3 is 6.09 Å². The number of carbonyl (C=O) groups excluding carboxylic acids is 1. The van der Waals surface area contributed by atoms with Crippen molar-refractivity contribution in [3.05, 3.63) is 45.8 Å². The number of nitrogens with two attached hydrogens (primary N) is 1. The van der Waals surface area contributed by atoms with Crippen LogP contribution in [0.15, 0.2) is 29.4 Å². The van der Waals surface area contributed by atoms with E-state index in [-0.39, 0.29) is 6.61 Å². The van der Waals surface area contributed by atoms with E-state index in [2.05, 4.69) is 10.0 Å². The topological polar surface area (TPSA) is 101 Å². The first kappa shape index (κ1) is 11.9. The van der Waals surface area contributed by atoms with Gasteiger partial charge in [0.15, 0.2) is 0 Å². The molecule has 0 aliphatic heterocycles. The maximum Gasteiger partial charge on any atom is 0.404 e. The number of ether oxygens (including phenoxy) is 1. The van der Waals surface area contributed by atoms with Gasteiger partial charge in [0.25, 0.3) is 0 Å². The van der Waals surface area contributed by atoms with Crippen LogP contribution in [-0.4, -0.2) is 12.6 Å². The second-order valence-electron chi connectivity index (χ2n) is 3.08. The molecule has 0 fully saturated rings. The standard InChI is InChI=1S/C10H12N4O2/c11-10(15)16-7-9-4-2-1-3-8(9)5-6-13-14-12/h1-4H,5-7H2,(H2,11,15). The number of hydrogen-bond acceptors (Lipinski definition) is 3. The lowest BCUT2D eigenvalue weighted by Gasteiger charge is -2.07. The first-order valence-corrected chi connectivity index (χ1v) is 4.74. The van der Waals surface area contributed by atoms with Crippen molar-refractivity contribution in [2.75, 3.05) is 6.54 Å². The van der Waals surface area contributed by atoms with E-state index in [1.165, 1.54) is 0 Å². The maximum absolute atomic E-state index is 10.5. The smallest absolute Gasteiger partial charge is 0.404 e. The lowest BCUT2D eigenvalue weighted by Crippen LogP contribution is -2.13. The molecule has 1 aromatic carbocycles. The van der Waals surface area contributed by atoms with Gasteiger partial charge in [0.2, 0.25) is 0 Å². The summed E-state index contributed by atoms with van der Waals surface area (Å²) in [7, 11) is 0. The zero-order valence-electron chi connectivity index (χ0n) is 8.67. The maximum atomic E-state index is 10.5. The van der Waals surface area contributed by atoms with Gasteiger partial charge < -0.3 is 10.5 Å². The largest absolute Gasteiger partial charge is 0.445 e. The summed E-state index contributed by atoms with van der Waals surface area (Å²) in [4.78, 5) is 13.2. The van der Waals surface area contributed by atoms with Gasteiger partial charge in [-0.15, -0.1) is 0 Å². The second kappa shape index (κ2) is 6.31. The third-order valence-electron chi connectivity index (χ3n) is 2.03. The summed E-state index contributed by atoms with van der Waals surface area (Å²) < 4.78 is 4.71. The van der Waals surface area contributed by atoms with Crippen LogP contribution in [0.2, 0.25) is 0 Å². The first-order chi connectivity index (χ1) is 7.74. The van der Waals surface area contributed by atoms with Crippen molar-refractivity contribution in [1.82, 2.24) is 0 Å². The van der Waals surface area contributed by atoms with E-state index < -0.39 is 6.09 Å². The molecule has 0 heterocycles. The Labute approximate surface area is 92.6 Å². The van der Waals surface area contributed by atoms with Crippen LogP contribution in [0.1, 0.15) is 11.1 Å². The molecule has 0 bridgehead atoms. The Morgan fingerprint density at radius 1 is 1.44 bits per heavy atom. The van der Waals surface area contributed by atoms with Gasteiger partial charge in [-0.3, -0.25) is 0 Å². The predicted octanol–water partition coefficient (Wildman–Crippen LogP) is 2.13. The van der Waals surface area contributed by atoms with E-state index in [0.717, 1.165) is 11.1 Å². The van der Waals surface area contributed by atoms with Gasteiger partial charge in [-0.2, -0.15) is 0 Å². The number of nitrogens with zero attached hydrogens (tertiary/aromatic N) is 3. The highest BCUT2D eigenvalue weighted by Gasteiger charge is 2.03. The van der Waals surface area contributed by atoms with Gasteiger partial charge in [-0.25, -0.2) is 4.79 Å². The van der Waals surface area contributed by atoms with Crippen molar-refractivity contribution in [2.45, 2.75) is 13.0 Å². The van der Waals surface area contributed by atoms with Gasteiger partial charge in [-0.1, -0.05) is 29.4 Å². The minimum atomic E-state index is -0.801. The molecule has 1 rings (SSSR count). The number of carbonyl (C=O) groups is 1. The molecule has 0 unspecified atom stereocenters. The molecule has 0 aliphatic rings. The summed E-state index contributed by atoms with van der Waals surface area (Å²) in [5.74, 6) is 0. The van der Waals surface area contributed by atoms with Crippen molar-refractivity contribution in [1.29, 1.82) is 0 Å². The summed E-state index contributed by atoms with van der Waals surface area (Å²) in [5, 5.41) is 3.45. The fraction of sp³-hybridized carbons (Fsp3) is 0.300. The summed E-state index contributed by atoms with van der Waals surface area (Å²) >= 11 is 0. The van der Waals surface area contributed by atoms with E-state index in [1.807, 2.05) is 24.3 Å². The van der Waals surface area contributed by atoms with Gasteiger partial charge in [0.05, 0.1) is 0 Å². The Balaban J connectivity index is 2.66. The lowest BCUT2D eigenvalue weighted by atomic mass is 10.1. The number of hydrogen-bond donors (Lipinski definition) is 1. The molecule has 2 N–H and O–H groups in total. The Hall–Kier alpha value is -2.20. The second-order valence-corrected chi connectivity index (χ2v) is 3.08. The highest BCUT2D eigenvalue weighted by atomic mass is 16.5. The van der Waals surface area contributed by atoms with Crippen molar-refractivity contribution in [2.24, 2.45) is 10.8 Å². The molecular weight excluding hydrogens is 208 g/mol. The van der Waals surface area contributed by atoms with Crippen molar-refractivity contribution >= 4 is 6.09 Å². The molecule has 1 amide bonds. The molecule has 0 aliphatic carbocycles. The number of benzene rings is 1. The van der Waals surface area contributed by atoms with Crippen LogP contribution in [0.5, 0.6) is 0 Å². The third-order valence-corrected chi connectivity index (χ3v) is 2.03. The van der Waals surface area contributed by atoms with Crippen LogP contribution in [0, 0.1) is 0 Å². The van der Waals surface area contributed by atoms with Crippen LogP contribution in [0.25, 0.3) is 10.4 Å². The number of amides is 1. The Morgan fingerprint density at radius 2 is 2.12 bits per heavy atom. The molecule has 0 atom stereocenters. The minimum absolute atomic E-state index is 0.141. The molecule has 0 radical (unpaired) electrons. The molecule has 84 valence electrons. The summed E-state index contributed by atoms with van der Waals surface area (Å²) in [5.41, 5.74) is 14.9. The van der Waals surface area contributed by atoms with Crippen molar-refractivity contribution < 1.29 is 9.53 Å². The molecule has 0 saturated heterocycles. The molecular formula is C10H12N4O2. The number of azide groups is 1. The minimum Gasteiger partial charge on any atom is -0.445 e. The monoisotopic (exact) mass is 220 g/mol. The average Bonchev–Trinajstić information content (AvgIpc) is 2.28. The first-order valence-electron chi connectivity index (χ1n) is 4.74.